The van der Waals surface area contributed by atoms with Gasteiger partial charge in [-0.15, -0.1) is 11.8 Å². The third-order valence-electron chi connectivity index (χ3n) is 3.91. The maximum Gasteiger partial charge on any atom is 0.238 e. The number of amides is 2. The number of benzene rings is 2. The van der Waals surface area contributed by atoms with Crippen LogP contribution in [0.3, 0.4) is 0 Å². The molecule has 2 aromatic carbocycles. The molecule has 0 saturated heterocycles. The molecule has 2 aromatic rings. The Bertz CT molecular complexity index is 781. The van der Waals surface area contributed by atoms with Crippen molar-refractivity contribution in [1.29, 1.82) is 0 Å². The third-order valence-corrected chi connectivity index (χ3v) is 5.01. The number of nitrogens with one attached hydrogen (secondary N) is 2. The number of carbonyl (C=O) groups is 2. The molecule has 4 N–H and O–H groups in total. The highest BCUT2D eigenvalue weighted by atomic mass is 32.2. The standard InChI is InChI=1S/C20H24FN3O2S/c1-13(2)20(14-7-9-15(21)10-8-14)23-11-19(26)24-16-5-3-4-6-17(16)27-12-18(22)25/h3-10,13,20,23H,11-12H2,1-2H3,(H2,22,25)(H,24,26)/t20-/m1/s1. The van der Waals surface area contributed by atoms with Crippen molar-refractivity contribution in [2.75, 3.05) is 17.6 Å². The van der Waals surface area contributed by atoms with Gasteiger partial charge in [-0.1, -0.05) is 38.1 Å². The summed E-state index contributed by atoms with van der Waals surface area (Å²) in [6, 6.07) is 13.5. The van der Waals surface area contributed by atoms with Crippen molar-refractivity contribution in [2.45, 2.75) is 24.8 Å². The summed E-state index contributed by atoms with van der Waals surface area (Å²) < 4.78 is 13.1. The lowest BCUT2D eigenvalue weighted by molar-refractivity contribution is -0.116. The van der Waals surface area contributed by atoms with Gasteiger partial charge in [-0.2, -0.15) is 0 Å². The van der Waals surface area contributed by atoms with Gasteiger partial charge in [0.15, 0.2) is 0 Å². The molecule has 0 spiro atoms. The van der Waals surface area contributed by atoms with Crippen LogP contribution >= 0.6 is 11.8 Å². The minimum atomic E-state index is -0.415. The van der Waals surface area contributed by atoms with Crippen LogP contribution in [0, 0.1) is 11.7 Å². The number of para-hydroxylation sites is 1. The summed E-state index contributed by atoms with van der Waals surface area (Å²) in [6.07, 6.45) is 0. The molecule has 0 radical (unpaired) electrons. The zero-order valence-corrected chi connectivity index (χ0v) is 16.2. The first-order valence-corrected chi connectivity index (χ1v) is 9.64. The lowest BCUT2D eigenvalue weighted by Crippen LogP contribution is -2.33. The van der Waals surface area contributed by atoms with Crippen molar-refractivity contribution in [3.8, 4) is 0 Å². The second kappa shape index (κ2) is 10.1. The number of hydrogen-bond donors (Lipinski definition) is 3. The van der Waals surface area contributed by atoms with Crippen molar-refractivity contribution < 1.29 is 14.0 Å². The molecule has 0 fully saturated rings. The van der Waals surface area contributed by atoms with E-state index in [0.717, 1.165) is 10.5 Å². The molecule has 1 atom stereocenters. The fourth-order valence-corrected chi connectivity index (χ4v) is 3.40. The van der Waals surface area contributed by atoms with Crippen LogP contribution in [0.2, 0.25) is 0 Å². The van der Waals surface area contributed by atoms with Crippen molar-refractivity contribution in [3.05, 3.63) is 59.9 Å². The molecule has 2 amide bonds. The summed E-state index contributed by atoms with van der Waals surface area (Å²) >= 11 is 1.28. The van der Waals surface area contributed by atoms with Gasteiger partial charge in [-0.3, -0.25) is 9.59 Å². The highest BCUT2D eigenvalue weighted by molar-refractivity contribution is 8.00. The molecule has 0 unspecified atom stereocenters. The Morgan fingerprint density at radius 3 is 2.41 bits per heavy atom. The van der Waals surface area contributed by atoms with Gasteiger partial charge in [0.1, 0.15) is 5.82 Å². The normalized spacial score (nSPS) is 12.0. The number of rotatable bonds is 9. The Kier molecular flexibility index (Phi) is 7.82. The minimum Gasteiger partial charge on any atom is -0.369 e. The van der Waals surface area contributed by atoms with E-state index < -0.39 is 5.91 Å². The summed E-state index contributed by atoms with van der Waals surface area (Å²) in [5.74, 6) is -0.534. The summed E-state index contributed by atoms with van der Waals surface area (Å²) in [5.41, 5.74) is 6.75. The second-order valence-electron chi connectivity index (χ2n) is 6.45. The van der Waals surface area contributed by atoms with E-state index in [4.69, 9.17) is 5.73 Å². The summed E-state index contributed by atoms with van der Waals surface area (Å²) in [4.78, 5) is 24.1. The average Bonchev–Trinajstić information content (AvgIpc) is 2.62. The fraction of sp³-hybridized carbons (Fsp3) is 0.300. The maximum atomic E-state index is 13.1. The number of hydrogen-bond acceptors (Lipinski definition) is 4. The number of carbonyl (C=O) groups excluding carboxylic acids is 2. The quantitative estimate of drug-likeness (QED) is 0.575. The van der Waals surface area contributed by atoms with Gasteiger partial charge in [-0.25, -0.2) is 4.39 Å². The van der Waals surface area contributed by atoms with E-state index in [1.807, 2.05) is 32.0 Å². The Morgan fingerprint density at radius 1 is 1.11 bits per heavy atom. The lowest BCUT2D eigenvalue weighted by atomic mass is 9.96. The van der Waals surface area contributed by atoms with Crippen molar-refractivity contribution in [2.24, 2.45) is 11.7 Å². The first kappa shape index (κ1) is 20.9. The molecular weight excluding hydrogens is 365 g/mol. The first-order valence-electron chi connectivity index (χ1n) is 8.65. The fourth-order valence-electron chi connectivity index (χ4n) is 2.65. The molecule has 0 saturated carbocycles. The summed E-state index contributed by atoms with van der Waals surface area (Å²) in [7, 11) is 0. The van der Waals surface area contributed by atoms with Gasteiger partial charge in [-0.05, 0) is 35.7 Å². The van der Waals surface area contributed by atoms with Crippen LogP contribution in [0.4, 0.5) is 10.1 Å². The van der Waals surface area contributed by atoms with Crippen LogP contribution < -0.4 is 16.4 Å². The predicted molar refractivity (Wildman–Crippen MR) is 107 cm³/mol. The van der Waals surface area contributed by atoms with E-state index in [1.165, 1.54) is 23.9 Å². The molecule has 144 valence electrons. The maximum absolute atomic E-state index is 13.1. The molecule has 0 heterocycles. The van der Waals surface area contributed by atoms with E-state index in [9.17, 15) is 14.0 Å². The minimum absolute atomic E-state index is 0.0733. The van der Waals surface area contributed by atoms with E-state index in [0.29, 0.717) is 5.69 Å². The monoisotopic (exact) mass is 389 g/mol. The molecule has 0 aromatic heterocycles. The molecule has 0 aliphatic rings. The van der Waals surface area contributed by atoms with Gasteiger partial charge in [0.2, 0.25) is 11.8 Å². The molecule has 5 nitrogen and oxygen atoms in total. The molecule has 0 aliphatic heterocycles. The number of primary amides is 1. The number of anilines is 1. The number of halogens is 1. The van der Waals surface area contributed by atoms with Gasteiger partial charge in [0, 0.05) is 10.9 Å². The Balaban J connectivity index is 1.98. The molecule has 7 heteroatoms. The number of thioether (sulfide) groups is 1. The largest absolute Gasteiger partial charge is 0.369 e. The molecule has 0 bridgehead atoms. The Hall–Kier alpha value is -2.38. The van der Waals surface area contributed by atoms with E-state index in [-0.39, 0.29) is 36.0 Å². The third kappa shape index (κ3) is 6.69. The van der Waals surface area contributed by atoms with Crippen LogP contribution in [-0.4, -0.2) is 24.1 Å². The van der Waals surface area contributed by atoms with Gasteiger partial charge in [0.25, 0.3) is 0 Å². The SMILES string of the molecule is CC(C)[C@@H](NCC(=O)Nc1ccccc1SCC(N)=O)c1ccc(F)cc1. The van der Waals surface area contributed by atoms with Crippen LogP contribution in [-0.2, 0) is 9.59 Å². The molecule has 2 rings (SSSR count). The average molecular weight is 389 g/mol. The number of nitrogens with two attached hydrogens (primary N) is 1. The van der Waals surface area contributed by atoms with Crippen LogP contribution in [0.5, 0.6) is 0 Å². The predicted octanol–water partition coefficient (Wildman–Crippen LogP) is 3.33. The van der Waals surface area contributed by atoms with E-state index in [1.54, 1.807) is 18.2 Å². The second-order valence-corrected chi connectivity index (χ2v) is 7.47. The van der Waals surface area contributed by atoms with Crippen LogP contribution in [0.15, 0.2) is 53.4 Å². The van der Waals surface area contributed by atoms with E-state index in [2.05, 4.69) is 10.6 Å². The highest BCUT2D eigenvalue weighted by Gasteiger charge is 2.17. The van der Waals surface area contributed by atoms with Crippen LogP contribution in [0.25, 0.3) is 0 Å². The van der Waals surface area contributed by atoms with Gasteiger partial charge in [0.05, 0.1) is 18.0 Å². The Labute approximate surface area is 162 Å². The molecular formula is C20H24FN3O2S. The topological polar surface area (TPSA) is 84.2 Å². The van der Waals surface area contributed by atoms with Crippen LogP contribution in [0.1, 0.15) is 25.5 Å². The summed E-state index contributed by atoms with van der Waals surface area (Å²) in [6.45, 7) is 4.18. The smallest absolute Gasteiger partial charge is 0.238 e. The van der Waals surface area contributed by atoms with Gasteiger partial charge >= 0.3 is 0 Å². The summed E-state index contributed by atoms with van der Waals surface area (Å²) in [5, 5.41) is 6.08. The van der Waals surface area contributed by atoms with Crippen molar-refractivity contribution in [1.82, 2.24) is 5.32 Å². The molecule has 27 heavy (non-hydrogen) atoms. The zero-order chi connectivity index (χ0) is 19.8. The van der Waals surface area contributed by atoms with Crippen molar-refractivity contribution in [3.63, 3.8) is 0 Å². The zero-order valence-electron chi connectivity index (χ0n) is 15.4. The van der Waals surface area contributed by atoms with Crippen molar-refractivity contribution >= 4 is 29.3 Å². The Morgan fingerprint density at radius 2 is 1.78 bits per heavy atom. The lowest BCUT2D eigenvalue weighted by Gasteiger charge is -2.23. The molecule has 0 aliphatic carbocycles. The van der Waals surface area contributed by atoms with Gasteiger partial charge < -0.3 is 16.4 Å². The highest BCUT2D eigenvalue weighted by Crippen LogP contribution is 2.27. The van der Waals surface area contributed by atoms with E-state index >= 15 is 0 Å². The first-order chi connectivity index (χ1) is 12.9.